The molecular formula is C13H10N4O3. The van der Waals surface area contributed by atoms with E-state index in [1.165, 1.54) is 12.1 Å². The average molecular weight is 270 g/mol. The first-order valence-corrected chi connectivity index (χ1v) is 5.81. The van der Waals surface area contributed by atoms with Crippen LogP contribution in [-0.2, 0) is 0 Å². The van der Waals surface area contributed by atoms with Gasteiger partial charge in [-0.3, -0.25) is 14.9 Å². The number of nitrogen functional groups attached to an aromatic ring is 1. The van der Waals surface area contributed by atoms with Crippen molar-refractivity contribution in [1.29, 1.82) is 0 Å². The van der Waals surface area contributed by atoms with Gasteiger partial charge in [0.15, 0.2) is 0 Å². The van der Waals surface area contributed by atoms with Gasteiger partial charge in [-0.05, 0) is 24.3 Å². The van der Waals surface area contributed by atoms with E-state index in [0.29, 0.717) is 28.3 Å². The number of rotatable bonds is 1. The number of fused-ring (bicyclic) bond motifs is 2. The van der Waals surface area contributed by atoms with Crippen LogP contribution in [0.4, 0.5) is 28.4 Å². The molecule has 0 bridgehead atoms. The number of nitrogens with one attached hydrogen (secondary N) is 2. The van der Waals surface area contributed by atoms with Crippen LogP contribution in [0.1, 0.15) is 10.4 Å². The molecule has 4 N–H and O–H groups in total. The minimum atomic E-state index is -0.511. The Hall–Kier alpha value is -3.09. The number of hydrogen-bond acceptors (Lipinski definition) is 5. The van der Waals surface area contributed by atoms with Gasteiger partial charge in [0.05, 0.1) is 27.5 Å². The number of nitrogens with two attached hydrogens (primary N) is 1. The van der Waals surface area contributed by atoms with Crippen molar-refractivity contribution < 1.29 is 9.72 Å². The average Bonchev–Trinajstić information content (AvgIpc) is 2.54. The van der Waals surface area contributed by atoms with Crippen molar-refractivity contribution in [2.24, 2.45) is 0 Å². The maximum Gasteiger partial charge on any atom is 0.271 e. The van der Waals surface area contributed by atoms with Crippen LogP contribution in [0.5, 0.6) is 0 Å². The molecule has 0 radical (unpaired) electrons. The molecule has 0 saturated carbocycles. The molecular weight excluding hydrogens is 260 g/mol. The summed E-state index contributed by atoms with van der Waals surface area (Å²) >= 11 is 0. The van der Waals surface area contributed by atoms with Crippen LogP contribution in [0.15, 0.2) is 36.4 Å². The molecule has 0 unspecified atom stereocenters. The Morgan fingerprint density at radius 1 is 1.00 bits per heavy atom. The van der Waals surface area contributed by atoms with Crippen molar-refractivity contribution >= 4 is 34.3 Å². The van der Waals surface area contributed by atoms with E-state index in [1.54, 1.807) is 24.3 Å². The first-order chi connectivity index (χ1) is 9.54. The standard InChI is InChI=1S/C13H10N4O3/c14-7-1-3-10-9(5-7)13(18)16-12-6-8(17(19)20)2-4-11(12)15-10/h1-6,15H,14H2,(H,16,18). The van der Waals surface area contributed by atoms with E-state index >= 15 is 0 Å². The molecule has 0 fully saturated rings. The monoisotopic (exact) mass is 270 g/mol. The van der Waals surface area contributed by atoms with Crippen molar-refractivity contribution in [1.82, 2.24) is 0 Å². The number of nitro benzene ring substituents is 1. The molecule has 0 saturated heterocycles. The van der Waals surface area contributed by atoms with E-state index in [1.807, 2.05) is 0 Å². The van der Waals surface area contributed by atoms with Crippen LogP contribution in [0.3, 0.4) is 0 Å². The second kappa shape index (κ2) is 4.23. The Kier molecular flexibility index (Phi) is 2.53. The van der Waals surface area contributed by atoms with E-state index < -0.39 is 4.92 Å². The summed E-state index contributed by atoms with van der Waals surface area (Å²) in [5.74, 6) is -0.362. The smallest absolute Gasteiger partial charge is 0.271 e. The summed E-state index contributed by atoms with van der Waals surface area (Å²) in [5.41, 5.74) is 7.99. The van der Waals surface area contributed by atoms with Crippen molar-refractivity contribution in [2.45, 2.75) is 0 Å². The topological polar surface area (TPSA) is 110 Å². The number of nitrogens with zero attached hydrogens (tertiary/aromatic N) is 1. The van der Waals surface area contributed by atoms with Crippen LogP contribution in [0, 0.1) is 10.1 Å². The highest BCUT2D eigenvalue weighted by Crippen LogP contribution is 2.34. The van der Waals surface area contributed by atoms with Crippen molar-refractivity contribution in [3.8, 4) is 0 Å². The highest BCUT2D eigenvalue weighted by Gasteiger charge is 2.21. The Morgan fingerprint density at radius 3 is 2.50 bits per heavy atom. The zero-order valence-electron chi connectivity index (χ0n) is 10.2. The largest absolute Gasteiger partial charge is 0.399 e. The molecule has 1 aliphatic heterocycles. The molecule has 0 aromatic heterocycles. The third kappa shape index (κ3) is 1.91. The van der Waals surface area contributed by atoms with E-state index in [4.69, 9.17) is 5.73 Å². The first-order valence-electron chi connectivity index (χ1n) is 5.81. The third-order valence-corrected chi connectivity index (χ3v) is 3.02. The van der Waals surface area contributed by atoms with Crippen molar-refractivity contribution in [2.75, 3.05) is 16.4 Å². The summed E-state index contributed by atoms with van der Waals surface area (Å²) in [6.07, 6.45) is 0. The summed E-state index contributed by atoms with van der Waals surface area (Å²) in [7, 11) is 0. The number of benzene rings is 2. The molecule has 1 heterocycles. The number of hydrogen-bond donors (Lipinski definition) is 3. The Labute approximate surface area is 113 Å². The molecule has 100 valence electrons. The molecule has 0 atom stereocenters. The zero-order chi connectivity index (χ0) is 14.3. The molecule has 1 amide bonds. The van der Waals surface area contributed by atoms with Crippen LogP contribution in [0.25, 0.3) is 0 Å². The third-order valence-electron chi connectivity index (χ3n) is 3.02. The fraction of sp³-hybridized carbons (Fsp3) is 0. The summed E-state index contributed by atoms with van der Waals surface area (Å²) < 4.78 is 0. The van der Waals surface area contributed by atoms with Gasteiger partial charge in [-0.1, -0.05) is 0 Å². The van der Waals surface area contributed by atoms with Gasteiger partial charge in [-0.2, -0.15) is 0 Å². The minimum Gasteiger partial charge on any atom is -0.399 e. The second-order valence-electron chi connectivity index (χ2n) is 4.37. The quantitative estimate of drug-likeness (QED) is 0.419. The van der Waals surface area contributed by atoms with E-state index in [0.717, 1.165) is 0 Å². The number of anilines is 4. The maximum absolute atomic E-state index is 12.1. The molecule has 20 heavy (non-hydrogen) atoms. The number of carbonyl (C=O) groups excluding carboxylic acids is 1. The van der Waals surface area contributed by atoms with Gasteiger partial charge in [0.1, 0.15) is 0 Å². The van der Waals surface area contributed by atoms with Gasteiger partial charge in [-0.15, -0.1) is 0 Å². The van der Waals surface area contributed by atoms with Gasteiger partial charge in [0.2, 0.25) is 0 Å². The maximum atomic E-state index is 12.1. The van der Waals surface area contributed by atoms with Gasteiger partial charge < -0.3 is 16.4 Å². The summed E-state index contributed by atoms with van der Waals surface area (Å²) in [4.78, 5) is 22.4. The van der Waals surface area contributed by atoms with Crippen LogP contribution < -0.4 is 16.4 Å². The number of non-ortho nitro benzene ring substituents is 1. The lowest BCUT2D eigenvalue weighted by Crippen LogP contribution is -2.11. The Balaban J connectivity index is 2.11. The van der Waals surface area contributed by atoms with Gasteiger partial charge in [0.25, 0.3) is 11.6 Å². The summed E-state index contributed by atoms with van der Waals surface area (Å²) in [6.45, 7) is 0. The highest BCUT2D eigenvalue weighted by molar-refractivity contribution is 6.12. The first kappa shape index (κ1) is 12.0. The van der Waals surface area contributed by atoms with Gasteiger partial charge in [-0.25, -0.2) is 0 Å². The number of amides is 1. The molecule has 1 aliphatic rings. The molecule has 7 nitrogen and oxygen atoms in total. The lowest BCUT2D eigenvalue weighted by molar-refractivity contribution is -0.384. The van der Waals surface area contributed by atoms with E-state index in [2.05, 4.69) is 10.6 Å². The van der Waals surface area contributed by atoms with E-state index in [-0.39, 0.29) is 11.6 Å². The normalized spacial score (nSPS) is 12.5. The highest BCUT2D eigenvalue weighted by atomic mass is 16.6. The lowest BCUT2D eigenvalue weighted by Gasteiger charge is -2.08. The summed E-state index contributed by atoms with van der Waals surface area (Å²) in [5, 5.41) is 16.5. The molecule has 2 aromatic rings. The van der Waals surface area contributed by atoms with Gasteiger partial charge >= 0.3 is 0 Å². The second-order valence-corrected chi connectivity index (χ2v) is 4.37. The Morgan fingerprint density at radius 2 is 1.75 bits per heavy atom. The van der Waals surface area contributed by atoms with Crippen molar-refractivity contribution in [3.05, 3.63) is 52.1 Å². The van der Waals surface area contributed by atoms with Crippen LogP contribution >= 0.6 is 0 Å². The fourth-order valence-electron chi connectivity index (χ4n) is 2.05. The zero-order valence-corrected chi connectivity index (χ0v) is 10.2. The summed E-state index contributed by atoms with van der Waals surface area (Å²) in [6, 6.07) is 9.17. The molecule has 2 aromatic carbocycles. The van der Waals surface area contributed by atoms with Crippen LogP contribution in [0.2, 0.25) is 0 Å². The molecule has 3 rings (SSSR count). The predicted molar refractivity (Wildman–Crippen MR) is 75.2 cm³/mol. The minimum absolute atomic E-state index is 0.0867. The Bertz CT molecular complexity index is 742. The van der Waals surface area contributed by atoms with Crippen molar-refractivity contribution in [3.63, 3.8) is 0 Å². The molecule has 7 heteroatoms. The van der Waals surface area contributed by atoms with Gasteiger partial charge in [0, 0.05) is 17.8 Å². The number of carbonyl (C=O) groups is 1. The SMILES string of the molecule is Nc1ccc2c(c1)C(=O)Nc1cc([N+](=O)[O-])ccc1N2. The molecule has 0 spiro atoms. The number of nitro groups is 1. The van der Waals surface area contributed by atoms with E-state index in [9.17, 15) is 14.9 Å². The molecule has 0 aliphatic carbocycles. The fourth-order valence-corrected chi connectivity index (χ4v) is 2.05. The van der Waals surface area contributed by atoms with Crippen LogP contribution in [-0.4, -0.2) is 10.8 Å². The lowest BCUT2D eigenvalue weighted by atomic mass is 10.1. The predicted octanol–water partition coefficient (Wildman–Crippen LogP) is 2.49.